The third-order valence-electron chi connectivity index (χ3n) is 5.58. The van der Waals surface area contributed by atoms with Gasteiger partial charge in [-0.2, -0.15) is 4.98 Å². The Hall–Kier alpha value is -2.12. The van der Waals surface area contributed by atoms with Gasteiger partial charge < -0.3 is 19.9 Å². The molecule has 1 aromatic heterocycles. The van der Waals surface area contributed by atoms with Crippen molar-refractivity contribution in [3.05, 3.63) is 42.0 Å². The summed E-state index contributed by atoms with van der Waals surface area (Å²) in [5, 5.41) is 4.10. The average Bonchev–Trinajstić information content (AvgIpc) is 3.17. The molecule has 0 radical (unpaired) electrons. The first-order valence-corrected chi connectivity index (χ1v) is 9.73. The number of halogens is 1. The normalized spacial score (nSPS) is 20.8. The van der Waals surface area contributed by atoms with E-state index in [9.17, 15) is 4.79 Å². The summed E-state index contributed by atoms with van der Waals surface area (Å²) in [5.41, 5.74) is 5.87. The number of rotatable bonds is 6. The van der Waals surface area contributed by atoms with Crippen LogP contribution >= 0.6 is 12.4 Å². The lowest BCUT2D eigenvalue weighted by atomic mass is 9.77. The van der Waals surface area contributed by atoms with E-state index >= 15 is 0 Å². The van der Waals surface area contributed by atoms with Crippen LogP contribution < -0.4 is 10.5 Å². The number of likely N-dealkylation sites (tertiary alicyclic amines) is 1. The zero-order valence-electron chi connectivity index (χ0n) is 15.9. The molecular formula is C20H27ClN4O3. The first-order chi connectivity index (χ1) is 13.1. The number of nitrogens with two attached hydrogens (primary N) is 1. The van der Waals surface area contributed by atoms with E-state index in [1.807, 2.05) is 35.2 Å². The van der Waals surface area contributed by atoms with Gasteiger partial charge in [0.1, 0.15) is 5.75 Å². The molecule has 4 rings (SSSR count). The maximum Gasteiger partial charge on any atom is 0.231 e. The van der Waals surface area contributed by atoms with Gasteiger partial charge in [-0.3, -0.25) is 4.79 Å². The zero-order chi connectivity index (χ0) is 18.7. The van der Waals surface area contributed by atoms with Crippen molar-refractivity contribution in [1.29, 1.82) is 0 Å². The topological polar surface area (TPSA) is 94.5 Å². The molecule has 152 valence electrons. The van der Waals surface area contributed by atoms with Crippen molar-refractivity contribution < 1.29 is 14.1 Å². The second-order valence-corrected chi connectivity index (χ2v) is 7.56. The van der Waals surface area contributed by atoms with Crippen LogP contribution in [-0.4, -0.2) is 40.6 Å². The van der Waals surface area contributed by atoms with E-state index in [4.69, 9.17) is 15.0 Å². The van der Waals surface area contributed by atoms with Crippen LogP contribution in [-0.2, 0) is 10.3 Å². The predicted molar refractivity (Wildman–Crippen MR) is 106 cm³/mol. The van der Waals surface area contributed by atoms with Crippen molar-refractivity contribution >= 4 is 18.3 Å². The summed E-state index contributed by atoms with van der Waals surface area (Å²) in [6, 6.07) is 9.55. The Morgan fingerprint density at radius 3 is 2.79 bits per heavy atom. The van der Waals surface area contributed by atoms with Gasteiger partial charge in [-0.05, 0) is 44.2 Å². The number of piperidine rings is 1. The Kier molecular flexibility index (Phi) is 6.57. The van der Waals surface area contributed by atoms with E-state index in [-0.39, 0.29) is 24.2 Å². The smallest absolute Gasteiger partial charge is 0.231 e. The van der Waals surface area contributed by atoms with Gasteiger partial charge in [0.25, 0.3) is 0 Å². The lowest BCUT2D eigenvalue weighted by molar-refractivity contribution is -0.133. The standard InChI is InChI=1S/C20H26N4O3.ClH/c21-20(10-5-11-20)19-22-18(27-23-19)15-6-4-12-24(14-15)17(25)9-13-26-16-7-2-1-3-8-16;/h1-3,7-8,15H,4-6,9-14,21H2;1H. The SMILES string of the molecule is Cl.NC1(c2noc(C3CCCN(C(=O)CCOc4ccccc4)C3)n2)CCC1. The van der Waals surface area contributed by atoms with Crippen LogP contribution in [0.25, 0.3) is 0 Å². The van der Waals surface area contributed by atoms with Crippen molar-refractivity contribution in [2.45, 2.75) is 50.0 Å². The fourth-order valence-electron chi connectivity index (χ4n) is 3.72. The minimum Gasteiger partial charge on any atom is -0.493 e. The number of amides is 1. The second kappa shape index (κ2) is 8.92. The number of benzene rings is 1. The van der Waals surface area contributed by atoms with E-state index < -0.39 is 5.54 Å². The van der Waals surface area contributed by atoms with Gasteiger partial charge in [0.15, 0.2) is 5.82 Å². The molecule has 1 unspecified atom stereocenters. The molecule has 1 saturated heterocycles. The van der Waals surface area contributed by atoms with Crippen LogP contribution in [0.5, 0.6) is 5.75 Å². The maximum atomic E-state index is 12.5. The molecule has 8 heteroatoms. The fraction of sp³-hybridized carbons (Fsp3) is 0.550. The molecule has 28 heavy (non-hydrogen) atoms. The summed E-state index contributed by atoms with van der Waals surface area (Å²) < 4.78 is 11.1. The van der Waals surface area contributed by atoms with Crippen LogP contribution in [0.1, 0.15) is 56.2 Å². The molecule has 1 aliphatic heterocycles. The molecular weight excluding hydrogens is 380 g/mol. The average molecular weight is 407 g/mol. The van der Waals surface area contributed by atoms with Crippen LogP contribution in [0.4, 0.5) is 0 Å². The first-order valence-electron chi connectivity index (χ1n) is 9.73. The van der Waals surface area contributed by atoms with E-state index in [1.54, 1.807) is 0 Å². The third-order valence-corrected chi connectivity index (χ3v) is 5.58. The highest BCUT2D eigenvalue weighted by Gasteiger charge is 2.40. The summed E-state index contributed by atoms with van der Waals surface area (Å²) in [5.74, 6) is 2.20. The van der Waals surface area contributed by atoms with Crippen molar-refractivity contribution in [3.63, 3.8) is 0 Å². The van der Waals surface area contributed by atoms with Crippen LogP contribution in [0.3, 0.4) is 0 Å². The predicted octanol–water partition coefficient (Wildman–Crippen LogP) is 3.00. The fourth-order valence-corrected chi connectivity index (χ4v) is 3.72. The molecule has 0 bridgehead atoms. The Balaban J connectivity index is 0.00000225. The molecule has 7 nitrogen and oxygen atoms in total. The molecule has 2 N–H and O–H groups in total. The molecule has 1 aliphatic carbocycles. The van der Waals surface area contributed by atoms with Crippen molar-refractivity contribution in [2.24, 2.45) is 5.73 Å². The van der Waals surface area contributed by atoms with Gasteiger partial charge >= 0.3 is 0 Å². The van der Waals surface area contributed by atoms with Gasteiger partial charge in [0, 0.05) is 13.1 Å². The lowest BCUT2D eigenvalue weighted by Gasteiger charge is -2.34. The first kappa shape index (κ1) is 20.6. The number of hydrogen-bond donors (Lipinski definition) is 1. The molecule has 2 fully saturated rings. The molecule has 2 aromatic rings. The summed E-state index contributed by atoms with van der Waals surface area (Å²) in [6.07, 6.45) is 5.16. The molecule has 1 atom stereocenters. The molecule has 1 saturated carbocycles. The molecule has 2 aliphatic rings. The minimum absolute atomic E-state index is 0. The van der Waals surface area contributed by atoms with E-state index in [0.29, 0.717) is 31.3 Å². The largest absolute Gasteiger partial charge is 0.493 e. The highest BCUT2D eigenvalue weighted by atomic mass is 35.5. The molecule has 2 heterocycles. The number of para-hydroxylation sites is 1. The van der Waals surface area contributed by atoms with Gasteiger partial charge in [-0.1, -0.05) is 23.4 Å². The Morgan fingerprint density at radius 2 is 2.07 bits per heavy atom. The van der Waals surface area contributed by atoms with Crippen LogP contribution in [0.15, 0.2) is 34.9 Å². The Morgan fingerprint density at radius 1 is 1.29 bits per heavy atom. The highest BCUT2D eigenvalue weighted by molar-refractivity contribution is 5.85. The lowest BCUT2D eigenvalue weighted by Crippen LogP contribution is -2.44. The second-order valence-electron chi connectivity index (χ2n) is 7.56. The summed E-state index contributed by atoms with van der Waals surface area (Å²) in [4.78, 5) is 19.0. The summed E-state index contributed by atoms with van der Waals surface area (Å²) in [7, 11) is 0. The quantitative estimate of drug-likeness (QED) is 0.792. The number of hydrogen-bond acceptors (Lipinski definition) is 6. The van der Waals surface area contributed by atoms with Gasteiger partial charge in [0.2, 0.25) is 11.8 Å². The Labute approximate surface area is 171 Å². The molecule has 0 spiro atoms. The van der Waals surface area contributed by atoms with Crippen molar-refractivity contribution in [3.8, 4) is 5.75 Å². The molecule has 1 amide bonds. The van der Waals surface area contributed by atoms with Gasteiger partial charge in [0.05, 0.1) is 24.5 Å². The molecule has 1 aromatic carbocycles. The zero-order valence-corrected chi connectivity index (χ0v) is 16.7. The van der Waals surface area contributed by atoms with Crippen molar-refractivity contribution in [1.82, 2.24) is 15.0 Å². The van der Waals surface area contributed by atoms with E-state index in [1.165, 1.54) is 0 Å². The van der Waals surface area contributed by atoms with Crippen LogP contribution in [0.2, 0.25) is 0 Å². The van der Waals surface area contributed by atoms with E-state index in [0.717, 1.165) is 44.4 Å². The Bertz CT molecular complexity index is 779. The summed E-state index contributed by atoms with van der Waals surface area (Å²) in [6.45, 7) is 1.76. The van der Waals surface area contributed by atoms with Crippen LogP contribution in [0, 0.1) is 0 Å². The maximum absolute atomic E-state index is 12.5. The number of ether oxygens (including phenoxy) is 1. The summed E-state index contributed by atoms with van der Waals surface area (Å²) >= 11 is 0. The number of nitrogens with zero attached hydrogens (tertiary/aromatic N) is 3. The number of aromatic nitrogens is 2. The van der Waals surface area contributed by atoms with Crippen molar-refractivity contribution in [2.75, 3.05) is 19.7 Å². The highest BCUT2D eigenvalue weighted by Crippen LogP contribution is 2.38. The minimum atomic E-state index is -0.416. The number of carbonyl (C=O) groups is 1. The van der Waals surface area contributed by atoms with Gasteiger partial charge in [-0.25, -0.2) is 0 Å². The van der Waals surface area contributed by atoms with E-state index in [2.05, 4.69) is 10.1 Å². The third kappa shape index (κ3) is 4.47. The monoisotopic (exact) mass is 406 g/mol. The number of carbonyl (C=O) groups excluding carboxylic acids is 1. The van der Waals surface area contributed by atoms with Gasteiger partial charge in [-0.15, -0.1) is 12.4 Å².